The largest absolute Gasteiger partial charge is 0.480 e. The van der Waals surface area contributed by atoms with Gasteiger partial charge in [0, 0.05) is 22.7 Å². The molecule has 2 rings (SSSR count). The van der Waals surface area contributed by atoms with Gasteiger partial charge in [-0.2, -0.15) is 0 Å². The number of carboxylic acid groups (broad SMARTS) is 1. The van der Waals surface area contributed by atoms with Gasteiger partial charge in [-0.3, -0.25) is 0 Å². The van der Waals surface area contributed by atoms with Crippen molar-refractivity contribution in [1.82, 2.24) is 4.98 Å². The van der Waals surface area contributed by atoms with Crippen LogP contribution >= 0.6 is 0 Å². The molecule has 18 heavy (non-hydrogen) atoms. The van der Waals surface area contributed by atoms with Gasteiger partial charge in [0.1, 0.15) is 11.9 Å². The molecule has 0 saturated carbocycles. The third-order valence-electron chi connectivity index (χ3n) is 2.63. The molecule has 0 fully saturated rings. The van der Waals surface area contributed by atoms with Gasteiger partial charge in [0.2, 0.25) is 0 Å². The van der Waals surface area contributed by atoms with Gasteiger partial charge in [0.25, 0.3) is 0 Å². The van der Waals surface area contributed by atoms with E-state index in [2.05, 4.69) is 10.3 Å². The summed E-state index contributed by atoms with van der Waals surface area (Å²) in [6, 6.07) is 5.97. The number of aliphatic hydroxyl groups is 1. The van der Waals surface area contributed by atoms with Crippen molar-refractivity contribution in [2.75, 3.05) is 17.7 Å². The molecule has 1 atom stereocenters. The smallest absolute Gasteiger partial charge is 0.328 e. The number of nitrogen functional groups attached to an aromatic ring is 1. The molecule has 0 spiro atoms. The number of aliphatic carboxylic acids is 1. The Balaban J connectivity index is 2.45. The number of nitrogens with one attached hydrogen (secondary N) is 1. The van der Waals surface area contributed by atoms with Gasteiger partial charge in [0.05, 0.1) is 6.61 Å². The number of benzene rings is 1. The SMILES string of the molecule is Nc1cccc2c(NC(CO)C(=O)O)nccc12. The molecule has 0 bridgehead atoms. The van der Waals surface area contributed by atoms with E-state index in [0.29, 0.717) is 11.5 Å². The summed E-state index contributed by atoms with van der Waals surface area (Å²) in [5, 5.41) is 22.1. The number of nitrogens with zero attached hydrogens (tertiary/aromatic N) is 1. The summed E-state index contributed by atoms with van der Waals surface area (Å²) >= 11 is 0. The highest BCUT2D eigenvalue weighted by Gasteiger charge is 2.17. The zero-order chi connectivity index (χ0) is 13.1. The number of aromatic nitrogens is 1. The predicted molar refractivity (Wildman–Crippen MR) is 68.3 cm³/mol. The Labute approximate surface area is 103 Å². The molecule has 0 amide bonds. The summed E-state index contributed by atoms with van der Waals surface area (Å²) in [5.74, 6) is -0.749. The van der Waals surface area contributed by atoms with Crippen LogP contribution in [0.15, 0.2) is 30.5 Å². The van der Waals surface area contributed by atoms with Crippen molar-refractivity contribution in [2.45, 2.75) is 6.04 Å². The van der Waals surface area contributed by atoms with Crippen molar-refractivity contribution in [1.29, 1.82) is 0 Å². The van der Waals surface area contributed by atoms with E-state index < -0.39 is 18.6 Å². The summed E-state index contributed by atoms with van der Waals surface area (Å²) in [4.78, 5) is 14.9. The van der Waals surface area contributed by atoms with E-state index >= 15 is 0 Å². The van der Waals surface area contributed by atoms with Crippen LogP contribution in [0.1, 0.15) is 0 Å². The molecule has 94 valence electrons. The molecule has 1 heterocycles. The molecule has 1 aromatic heterocycles. The molecular formula is C12H13N3O3. The molecule has 0 aliphatic carbocycles. The number of hydrogen-bond acceptors (Lipinski definition) is 5. The fraction of sp³-hybridized carbons (Fsp3) is 0.167. The van der Waals surface area contributed by atoms with Crippen LogP contribution in [0.2, 0.25) is 0 Å². The minimum Gasteiger partial charge on any atom is -0.480 e. The number of pyridine rings is 1. The Hall–Kier alpha value is -2.34. The number of nitrogens with two attached hydrogens (primary N) is 1. The number of hydrogen-bond donors (Lipinski definition) is 4. The van der Waals surface area contributed by atoms with Gasteiger partial charge in [-0.15, -0.1) is 0 Å². The van der Waals surface area contributed by atoms with Crippen molar-refractivity contribution in [2.24, 2.45) is 0 Å². The molecule has 6 nitrogen and oxygen atoms in total. The molecular weight excluding hydrogens is 234 g/mol. The lowest BCUT2D eigenvalue weighted by atomic mass is 10.1. The van der Waals surface area contributed by atoms with Crippen LogP contribution in [0.25, 0.3) is 10.8 Å². The van der Waals surface area contributed by atoms with E-state index in [1.165, 1.54) is 6.20 Å². The zero-order valence-corrected chi connectivity index (χ0v) is 9.50. The Morgan fingerprint density at radius 2 is 2.17 bits per heavy atom. The highest BCUT2D eigenvalue weighted by molar-refractivity contribution is 5.99. The summed E-state index contributed by atoms with van der Waals surface area (Å²) in [6.07, 6.45) is 1.54. The maximum absolute atomic E-state index is 10.9. The maximum atomic E-state index is 10.9. The van der Waals surface area contributed by atoms with E-state index in [1.807, 2.05) is 0 Å². The lowest BCUT2D eigenvalue weighted by Gasteiger charge is -2.14. The minimum absolute atomic E-state index is 0.390. The maximum Gasteiger partial charge on any atom is 0.328 e. The molecule has 1 aromatic carbocycles. The van der Waals surface area contributed by atoms with Crippen molar-refractivity contribution in [3.63, 3.8) is 0 Å². The predicted octanol–water partition coefficient (Wildman–Crippen LogP) is 0.674. The van der Waals surface area contributed by atoms with Crippen molar-refractivity contribution in [3.05, 3.63) is 30.5 Å². The summed E-state index contributed by atoms with van der Waals surface area (Å²) in [6.45, 7) is -0.518. The van der Waals surface area contributed by atoms with Gasteiger partial charge < -0.3 is 21.3 Å². The number of fused-ring (bicyclic) bond motifs is 1. The lowest BCUT2D eigenvalue weighted by molar-refractivity contribution is -0.138. The second-order valence-corrected chi connectivity index (χ2v) is 3.82. The average Bonchev–Trinajstić information content (AvgIpc) is 2.36. The first-order valence-electron chi connectivity index (χ1n) is 5.37. The van der Waals surface area contributed by atoms with Crippen LogP contribution in [0, 0.1) is 0 Å². The van der Waals surface area contributed by atoms with E-state index in [1.54, 1.807) is 24.3 Å². The first-order chi connectivity index (χ1) is 8.63. The number of anilines is 2. The third-order valence-corrected chi connectivity index (χ3v) is 2.63. The van der Waals surface area contributed by atoms with Crippen LogP contribution in [0.3, 0.4) is 0 Å². The Morgan fingerprint density at radius 1 is 1.39 bits per heavy atom. The molecule has 1 unspecified atom stereocenters. The van der Waals surface area contributed by atoms with Crippen molar-refractivity contribution >= 4 is 28.2 Å². The number of carbonyl (C=O) groups is 1. The van der Waals surface area contributed by atoms with Crippen molar-refractivity contribution < 1.29 is 15.0 Å². The molecule has 0 saturated heterocycles. The van der Waals surface area contributed by atoms with Crippen LogP contribution < -0.4 is 11.1 Å². The zero-order valence-electron chi connectivity index (χ0n) is 9.50. The minimum atomic E-state index is -1.14. The number of aliphatic hydroxyl groups excluding tert-OH is 1. The lowest BCUT2D eigenvalue weighted by Crippen LogP contribution is -2.33. The van der Waals surface area contributed by atoms with Gasteiger partial charge in [-0.25, -0.2) is 9.78 Å². The first kappa shape index (κ1) is 12.1. The summed E-state index contributed by atoms with van der Waals surface area (Å²) in [5.41, 5.74) is 6.42. The Bertz CT molecular complexity index is 586. The average molecular weight is 247 g/mol. The van der Waals surface area contributed by atoms with Gasteiger partial charge in [0.15, 0.2) is 0 Å². The molecule has 0 radical (unpaired) electrons. The normalized spacial score (nSPS) is 12.3. The second kappa shape index (κ2) is 4.89. The van der Waals surface area contributed by atoms with E-state index in [-0.39, 0.29) is 0 Å². The van der Waals surface area contributed by atoms with Crippen LogP contribution in [0.4, 0.5) is 11.5 Å². The molecule has 5 N–H and O–H groups in total. The highest BCUT2D eigenvalue weighted by Crippen LogP contribution is 2.25. The monoisotopic (exact) mass is 247 g/mol. The fourth-order valence-corrected chi connectivity index (χ4v) is 1.70. The molecule has 2 aromatic rings. The van der Waals surface area contributed by atoms with Crippen LogP contribution in [-0.4, -0.2) is 33.8 Å². The van der Waals surface area contributed by atoms with Crippen LogP contribution in [0.5, 0.6) is 0 Å². The first-order valence-corrected chi connectivity index (χ1v) is 5.37. The second-order valence-electron chi connectivity index (χ2n) is 3.82. The fourth-order valence-electron chi connectivity index (χ4n) is 1.70. The standard InChI is InChI=1S/C12H13N3O3/c13-9-3-1-2-8-7(9)4-5-14-11(8)15-10(6-16)12(17)18/h1-5,10,16H,6,13H2,(H,14,15)(H,17,18). The molecule has 6 heteroatoms. The quantitative estimate of drug-likeness (QED) is 0.591. The summed E-state index contributed by atoms with van der Waals surface area (Å²) in [7, 11) is 0. The Morgan fingerprint density at radius 3 is 2.83 bits per heavy atom. The Kier molecular flexibility index (Phi) is 3.29. The summed E-state index contributed by atoms with van der Waals surface area (Å²) < 4.78 is 0. The van der Waals surface area contributed by atoms with E-state index in [0.717, 1.165) is 10.8 Å². The third kappa shape index (κ3) is 2.18. The number of rotatable bonds is 4. The van der Waals surface area contributed by atoms with Crippen molar-refractivity contribution in [3.8, 4) is 0 Å². The highest BCUT2D eigenvalue weighted by atomic mass is 16.4. The van der Waals surface area contributed by atoms with Gasteiger partial charge in [-0.1, -0.05) is 12.1 Å². The molecule has 0 aliphatic heterocycles. The van der Waals surface area contributed by atoms with E-state index in [9.17, 15) is 4.79 Å². The van der Waals surface area contributed by atoms with Gasteiger partial charge in [-0.05, 0) is 12.1 Å². The van der Waals surface area contributed by atoms with Gasteiger partial charge >= 0.3 is 5.97 Å². The topological polar surface area (TPSA) is 108 Å². The number of carboxylic acids is 1. The van der Waals surface area contributed by atoms with Crippen LogP contribution in [-0.2, 0) is 4.79 Å². The van der Waals surface area contributed by atoms with E-state index in [4.69, 9.17) is 15.9 Å². The molecule has 0 aliphatic rings.